The zero-order chi connectivity index (χ0) is 13.2. The van der Waals surface area contributed by atoms with E-state index in [1.807, 2.05) is 0 Å². The van der Waals surface area contributed by atoms with E-state index in [0.29, 0.717) is 6.07 Å². The predicted molar refractivity (Wildman–Crippen MR) is 50.0 cm³/mol. The fourth-order valence-electron chi connectivity index (χ4n) is 1.15. The summed E-state index contributed by atoms with van der Waals surface area (Å²) in [5.74, 6) is -2.10. The number of alkyl halides is 2. The summed E-state index contributed by atoms with van der Waals surface area (Å²) in [6, 6.07) is 0.536. The Kier molecular flexibility index (Phi) is 3.51. The van der Waals surface area contributed by atoms with Gasteiger partial charge in [-0.05, 0) is 4.92 Å². The summed E-state index contributed by atoms with van der Waals surface area (Å²) in [5, 5.41) is 10.4. The number of carbonyl (C=O) groups excluding carboxylic acids is 1. The van der Waals surface area contributed by atoms with Gasteiger partial charge < -0.3 is 14.9 Å². The largest absolute Gasteiger partial charge is 0.465 e. The monoisotopic (exact) mass is 248 g/mol. The molecule has 0 saturated heterocycles. The molecule has 17 heavy (non-hydrogen) atoms. The Balaban J connectivity index is 3.56. The number of halogens is 2. The van der Waals surface area contributed by atoms with E-state index >= 15 is 0 Å². The van der Waals surface area contributed by atoms with Crippen molar-refractivity contribution in [2.24, 2.45) is 0 Å². The summed E-state index contributed by atoms with van der Waals surface area (Å²) in [5.41, 5.74) is -3.37. The van der Waals surface area contributed by atoms with Crippen molar-refractivity contribution in [1.29, 1.82) is 0 Å². The van der Waals surface area contributed by atoms with E-state index in [1.54, 1.807) is 4.98 Å². The molecule has 0 aliphatic rings. The van der Waals surface area contributed by atoms with Gasteiger partial charge >= 0.3 is 17.3 Å². The minimum atomic E-state index is -3.24. The second kappa shape index (κ2) is 4.68. The number of nitrogens with one attached hydrogen (secondary N) is 1. The van der Waals surface area contributed by atoms with Gasteiger partial charge in [0.2, 0.25) is 0 Å². The topological polar surface area (TPSA) is 102 Å². The molecule has 1 aromatic heterocycles. The van der Waals surface area contributed by atoms with E-state index in [2.05, 4.69) is 4.74 Å². The van der Waals surface area contributed by atoms with E-state index in [9.17, 15) is 28.5 Å². The maximum Gasteiger partial charge on any atom is 0.341 e. The Morgan fingerprint density at radius 2 is 2.18 bits per heavy atom. The van der Waals surface area contributed by atoms with Gasteiger partial charge in [-0.3, -0.25) is 0 Å². The van der Waals surface area contributed by atoms with Crippen LogP contribution in [0.25, 0.3) is 0 Å². The molecule has 0 aliphatic heterocycles. The number of esters is 1. The van der Waals surface area contributed by atoms with E-state index in [-0.39, 0.29) is 0 Å². The van der Waals surface area contributed by atoms with Gasteiger partial charge in [0.15, 0.2) is 0 Å². The summed E-state index contributed by atoms with van der Waals surface area (Å²) in [6.45, 7) is 0. The Hall–Kier alpha value is -2.32. The Morgan fingerprint density at radius 3 is 2.59 bits per heavy atom. The predicted octanol–water partition coefficient (Wildman–Crippen LogP) is 1.01. The van der Waals surface area contributed by atoms with E-state index in [4.69, 9.17) is 0 Å². The van der Waals surface area contributed by atoms with Crippen LogP contribution in [0.1, 0.15) is 22.3 Å². The smallest absolute Gasteiger partial charge is 0.341 e. The highest BCUT2D eigenvalue weighted by atomic mass is 19.3. The zero-order valence-corrected chi connectivity index (χ0v) is 8.40. The normalized spacial score (nSPS) is 10.4. The number of nitro groups is 1. The van der Waals surface area contributed by atoms with Gasteiger partial charge in [0.05, 0.1) is 12.7 Å². The molecule has 9 heteroatoms. The molecule has 1 N–H and O–H groups in total. The molecule has 1 heterocycles. The molecule has 7 nitrogen and oxygen atoms in total. The van der Waals surface area contributed by atoms with Crippen molar-refractivity contribution in [3.63, 3.8) is 0 Å². The number of ether oxygens (including phenoxy) is 1. The minimum absolute atomic E-state index is 0.536. The number of methoxy groups -OCH3 is 1. The van der Waals surface area contributed by atoms with Crippen molar-refractivity contribution >= 4 is 11.8 Å². The molecule has 0 unspecified atom stereocenters. The molecule has 0 bridgehead atoms. The van der Waals surface area contributed by atoms with E-state index < -0.39 is 39.8 Å². The first-order valence-corrected chi connectivity index (χ1v) is 4.16. The molecule has 0 atom stereocenters. The third-order valence-electron chi connectivity index (χ3n) is 1.88. The molecule has 0 radical (unpaired) electrons. The average molecular weight is 248 g/mol. The first-order chi connectivity index (χ1) is 7.88. The summed E-state index contributed by atoms with van der Waals surface area (Å²) >= 11 is 0. The van der Waals surface area contributed by atoms with Crippen LogP contribution < -0.4 is 5.56 Å². The number of carbonyl (C=O) groups is 1. The fraction of sp³-hybridized carbons (Fsp3) is 0.250. The van der Waals surface area contributed by atoms with Gasteiger partial charge in [0, 0.05) is 6.07 Å². The highest BCUT2D eigenvalue weighted by molar-refractivity contribution is 5.91. The van der Waals surface area contributed by atoms with Gasteiger partial charge in [-0.2, -0.15) is 0 Å². The highest BCUT2D eigenvalue weighted by Crippen LogP contribution is 2.22. The maximum absolute atomic E-state index is 12.5. The standard InChI is InChI=1S/C8H6F2N2O5/c1-17-8(14)3-2-4(12(15)16)11-7(13)5(3)6(9)10/h2,6H,1H3,(H,11,13). The lowest BCUT2D eigenvalue weighted by Crippen LogP contribution is -2.20. The van der Waals surface area contributed by atoms with Gasteiger partial charge in [-0.1, -0.05) is 0 Å². The Labute approximate surface area is 92.2 Å². The number of rotatable bonds is 3. The van der Waals surface area contributed by atoms with Crippen LogP contribution in [-0.2, 0) is 4.74 Å². The van der Waals surface area contributed by atoms with Crippen LogP contribution in [0.3, 0.4) is 0 Å². The Morgan fingerprint density at radius 1 is 1.59 bits per heavy atom. The molecule has 1 aromatic rings. The number of nitrogens with zero attached hydrogens (tertiary/aromatic N) is 1. The van der Waals surface area contributed by atoms with Crippen molar-refractivity contribution in [1.82, 2.24) is 4.98 Å². The highest BCUT2D eigenvalue weighted by Gasteiger charge is 2.27. The van der Waals surface area contributed by atoms with E-state index in [0.717, 1.165) is 7.11 Å². The molecule has 92 valence electrons. The first-order valence-electron chi connectivity index (χ1n) is 4.16. The van der Waals surface area contributed by atoms with Crippen molar-refractivity contribution in [2.45, 2.75) is 6.43 Å². The number of aromatic amines is 1. The zero-order valence-electron chi connectivity index (χ0n) is 8.40. The minimum Gasteiger partial charge on any atom is -0.465 e. The van der Waals surface area contributed by atoms with Crippen LogP contribution in [0.2, 0.25) is 0 Å². The molecular weight excluding hydrogens is 242 g/mol. The molecule has 0 spiro atoms. The number of pyridine rings is 1. The lowest BCUT2D eigenvalue weighted by Gasteiger charge is -2.05. The molecule has 0 aromatic carbocycles. The molecule has 0 amide bonds. The summed E-state index contributed by atoms with van der Waals surface area (Å²) in [6.07, 6.45) is -3.24. The van der Waals surface area contributed by atoms with Crippen molar-refractivity contribution in [3.8, 4) is 0 Å². The van der Waals surface area contributed by atoms with Crippen LogP contribution in [0.15, 0.2) is 10.9 Å². The SMILES string of the molecule is COC(=O)c1cc([N+](=O)[O-])[nH]c(=O)c1C(F)F. The van der Waals surface area contributed by atoms with Crippen LogP contribution in [0, 0.1) is 10.1 Å². The van der Waals surface area contributed by atoms with Gasteiger partial charge in [-0.15, -0.1) is 0 Å². The Bertz CT molecular complexity index is 525. The van der Waals surface area contributed by atoms with Crippen LogP contribution in [-0.4, -0.2) is 23.0 Å². The van der Waals surface area contributed by atoms with Crippen molar-refractivity contribution in [3.05, 3.63) is 37.7 Å². The third-order valence-corrected chi connectivity index (χ3v) is 1.88. The van der Waals surface area contributed by atoms with Crippen molar-refractivity contribution in [2.75, 3.05) is 7.11 Å². The van der Waals surface area contributed by atoms with Crippen LogP contribution in [0.5, 0.6) is 0 Å². The molecule has 0 aliphatic carbocycles. The first kappa shape index (κ1) is 12.7. The number of hydrogen-bond donors (Lipinski definition) is 1. The van der Waals surface area contributed by atoms with Crippen molar-refractivity contribution < 1.29 is 23.2 Å². The number of hydrogen-bond acceptors (Lipinski definition) is 5. The summed E-state index contributed by atoms with van der Waals surface area (Å²) < 4.78 is 29.2. The van der Waals surface area contributed by atoms with Gasteiger partial charge in [-0.25, -0.2) is 23.4 Å². The van der Waals surface area contributed by atoms with Gasteiger partial charge in [0.25, 0.3) is 6.43 Å². The molecule has 0 fully saturated rings. The third kappa shape index (κ3) is 2.44. The van der Waals surface area contributed by atoms with Crippen LogP contribution >= 0.6 is 0 Å². The molecule has 1 rings (SSSR count). The second-order valence-corrected chi connectivity index (χ2v) is 2.86. The molecular formula is C8H6F2N2O5. The maximum atomic E-state index is 12.5. The molecule has 0 saturated carbocycles. The lowest BCUT2D eigenvalue weighted by molar-refractivity contribution is -0.389. The lowest BCUT2D eigenvalue weighted by atomic mass is 10.1. The van der Waals surface area contributed by atoms with Gasteiger partial charge in [0.1, 0.15) is 5.56 Å². The summed E-state index contributed by atoms with van der Waals surface area (Å²) in [7, 11) is 0.907. The second-order valence-electron chi connectivity index (χ2n) is 2.86. The quantitative estimate of drug-likeness (QED) is 0.488. The van der Waals surface area contributed by atoms with Crippen LogP contribution in [0.4, 0.5) is 14.6 Å². The number of H-pyrrole nitrogens is 1. The average Bonchev–Trinajstić information content (AvgIpc) is 2.26. The number of aromatic nitrogens is 1. The summed E-state index contributed by atoms with van der Waals surface area (Å²) in [4.78, 5) is 33.3. The van der Waals surface area contributed by atoms with E-state index in [1.165, 1.54) is 0 Å². The fourth-order valence-corrected chi connectivity index (χ4v) is 1.15.